The second kappa shape index (κ2) is 7.90. The zero-order valence-electron chi connectivity index (χ0n) is 13.8. The van der Waals surface area contributed by atoms with Crippen LogP contribution < -0.4 is 5.32 Å². The van der Waals surface area contributed by atoms with Crippen molar-refractivity contribution in [1.82, 2.24) is 25.1 Å². The fourth-order valence-corrected chi connectivity index (χ4v) is 2.52. The Hall–Kier alpha value is -2.73. The van der Waals surface area contributed by atoms with Crippen molar-refractivity contribution in [3.8, 4) is 11.3 Å². The maximum atomic E-state index is 12.2. The minimum absolute atomic E-state index is 0.126. The molecular formula is C18H18ClN5O. The molecular weight excluding hydrogens is 338 g/mol. The molecule has 0 fully saturated rings. The highest BCUT2D eigenvalue weighted by atomic mass is 35.5. The fraction of sp³-hybridized carbons (Fsp3) is 0.222. The average molecular weight is 356 g/mol. The van der Waals surface area contributed by atoms with E-state index in [0.717, 1.165) is 11.3 Å². The van der Waals surface area contributed by atoms with E-state index in [1.54, 1.807) is 19.3 Å². The molecule has 2 aromatic heterocycles. The first kappa shape index (κ1) is 17.1. The molecule has 6 nitrogen and oxygen atoms in total. The Labute approximate surface area is 150 Å². The third-order valence-electron chi connectivity index (χ3n) is 3.77. The molecule has 7 heteroatoms. The summed E-state index contributed by atoms with van der Waals surface area (Å²) in [5.41, 5.74) is 1.91. The van der Waals surface area contributed by atoms with E-state index in [-0.39, 0.29) is 5.91 Å². The molecule has 0 aliphatic carbocycles. The van der Waals surface area contributed by atoms with E-state index in [4.69, 9.17) is 11.6 Å². The predicted molar refractivity (Wildman–Crippen MR) is 96.1 cm³/mol. The summed E-state index contributed by atoms with van der Waals surface area (Å²) in [5.74, 6) is 0.565. The average Bonchev–Trinajstić information content (AvgIpc) is 3.08. The van der Waals surface area contributed by atoms with Crippen LogP contribution in [0.1, 0.15) is 18.8 Å². The molecule has 3 aromatic rings. The lowest BCUT2D eigenvalue weighted by Crippen LogP contribution is -2.32. The Morgan fingerprint density at radius 3 is 2.80 bits per heavy atom. The summed E-state index contributed by atoms with van der Waals surface area (Å²) in [6, 6.07) is 11.4. The number of carbonyl (C=O) groups is 1. The lowest BCUT2D eigenvalue weighted by Gasteiger charge is -2.12. The van der Waals surface area contributed by atoms with Crippen LogP contribution in [0, 0.1) is 0 Å². The van der Waals surface area contributed by atoms with Gasteiger partial charge in [0.2, 0.25) is 5.91 Å². The second-order valence-electron chi connectivity index (χ2n) is 5.58. The van der Waals surface area contributed by atoms with Crippen molar-refractivity contribution in [2.45, 2.75) is 19.4 Å². The maximum absolute atomic E-state index is 12.2. The van der Waals surface area contributed by atoms with Gasteiger partial charge < -0.3 is 5.32 Å². The molecule has 1 amide bonds. The van der Waals surface area contributed by atoms with Crippen molar-refractivity contribution in [3.63, 3.8) is 0 Å². The van der Waals surface area contributed by atoms with Crippen molar-refractivity contribution in [2.24, 2.45) is 0 Å². The van der Waals surface area contributed by atoms with Crippen LogP contribution in [0.15, 0.2) is 55.0 Å². The van der Waals surface area contributed by atoms with Crippen molar-refractivity contribution in [1.29, 1.82) is 0 Å². The van der Waals surface area contributed by atoms with Crippen LogP contribution in [0.2, 0.25) is 5.02 Å². The number of aromatic nitrogens is 4. The fourth-order valence-electron chi connectivity index (χ4n) is 2.38. The monoisotopic (exact) mass is 355 g/mol. The first-order valence-corrected chi connectivity index (χ1v) is 8.36. The summed E-state index contributed by atoms with van der Waals surface area (Å²) in [6.07, 6.45) is 5.42. The summed E-state index contributed by atoms with van der Waals surface area (Å²) in [6.45, 7) is 2.22. The zero-order chi connectivity index (χ0) is 17.6. The molecule has 0 aliphatic heterocycles. The minimum atomic E-state index is -0.427. The first-order valence-electron chi connectivity index (χ1n) is 7.98. The summed E-state index contributed by atoms with van der Waals surface area (Å²) in [4.78, 5) is 21.0. The van der Waals surface area contributed by atoms with Crippen molar-refractivity contribution >= 4 is 17.5 Å². The van der Waals surface area contributed by atoms with Crippen molar-refractivity contribution < 1.29 is 4.79 Å². The molecule has 25 heavy (non-hydrogen) atoms. The summed E-state index contributed by atoms with van der Waals surface area (Å²) < 4.78 is 1.53. The molecule has 0 saturated carbocycles. The van der Waals surface area contributed by atoms with Crippen molar-refractivity contribution in [2.75, 3.05) is 6.54 Å². The smallest absolute Gasteiger partial charge is 0.244 e. The number of halogens is 1. The molecule has 1 atom stereocenters. The van der Waals surface area contributed by atoms with Gasteiger partial charge in [-0.2, -0.15) is 5.10 Å². The van der Waals surface area contributed by atoms with Gasteiger partial charge in [-0.25, -0.2) is 9.97 Å². The van der Waals surface area contributed by atoms with Gasteiger partial charge >= 0.3 is 0 Å². The first-order chi connectivity index (χ1) is 12.1. The molecule has 0 bridgehead atoms. The minimum Gasteiger partial charge on any atom is -0.354 e. The molecule has 128 valence electrons. The molecule has 1 aromatic carbocycles. The number of nitrogens with one attached hydrogen (secondary N) is 1. The highest BCUT2D eigenvalue weighted by Gasteiger charge is 2.15. The van der Waals surface area contributed by atoms with Gasteiger partial charge in [0.25, 0.3) is 0 Å². The van der Waals surface area contributed by atoms with Crippen LogP contribution in [0.3, 0.4) is 0 Å². The topological polar surface area (TPSA) is 72.7 Å². The number of hydrogen-bond acceptors (Lipinski definition) is 4. The van der Waals surface area contributed by atoms with Gasteiger partial charge in [-0.3, -0.25) is 9.48 Å². The third kappa shape index (κ3) is 4.42. The molecule has 0 radical (unpaired) electrons. The highest BCUT2D eigenvalue weighted by molar-refractivity contribution is 6.30. The number of carbonyl (C=O) groups excluding carboxylic acids is 1. The quantitative estimate of drug-likeness (QED) is 0.738. The van der Waals surface area contributed by atoms with E-state index >= 15 is 0 Å². The van der Waals surface area contributed by atoms with E-state index in [2.05, 4.69) is 20.4 Å². The molecule has 1 N–H and O–H groups in total. The Morgan fingerprint density at radius 2 is 2.08 bits per heavy atom. The summed E-state index contributed by atoms with van der Waals surface area (Å²) in [5, 5.41) is 7.43. The van der Waals surface area contributed by atoms with Crippen LogP contribution in [-0.4, -0.2) is 32.2 Å². The highest BCUT2D eigenvalue weighted by Crippen LogP contribution is 2.15. The Kier molecular flexibility index (Phi) is 5.40. The molecule has 0 saturated heterocycles. The van der Waals surface area contributed by atoms with Gasteiger partial charge in [0, 0.05) is 30.9 Å². The molecule has 0 aliphatic rings. The van der Waals surface area contributed by atoms with Gasteiger partial charge in [-0.15, -0.1) is 0 Å². The molecule has 0 spiro atoms. The third-order valence-corrected chi connectivity index (χ3v) is 3.96. The zero-order valence-corrected chi connectivity index (χ0v) is 14.5. The van der Waals surface area contributed by atoms with Gasteiger partial charge in [-0.05, 0) is 13.0 Å². The standard InChI is InChI=1S/C18H18ClN5O/c1-13(24-12-15(19)11-22-24)18(25)21-10-8-17-20-9-7-16(23-17)14-5-3-2-4-6-14/h2-7,9,11-13H,8,10H2,1H3,(H,21,25)/t13-/m0/s1. The van der Waals surface area contributed by atoms with E-state index in [9.17, 15) is 4.79 Å². The number of nitrogens with zero attached hydrogens (tertiary/aromatic N) is 4. The molecule has 0 unspecified atom stereocenters. The van der Waals surface area contributed by atoms with E-state index in [1.807, 2.05) is 36.4 Å². The predicted octanol–water partition coefficient (Wildman–Crippen LogP) is 2.91. The van der Waals surface area contributed by atoms with Gasteiger partial charge in [0.05, 0.1) is 16.9 Å². The van der Waals surface area contributed by atoms with Crippen LogP contribution in [-0.2, 0) is 11.2 Å². The second-order valence-corrected chi connectivity index (χ2v) is 6.02. The van der Waals surface area contributed by atoms with Gasteiger partial charge in [-0.1, -0.05) is 41.9 Å². The van der Waals surface area contributed by atoms with Gasteiger partial charge in [0.1, 0.15) is 11.9 Å². The van der Waals surface area contributed by atoms with E-state index in [1.165, 1.54) is 10.9 Å². The number of benzene rings is 1. The van der Waals surface area contributed by atoms with E-state index < -0.39 is 6.04 Å². The largest absolute Gasteiger partial charge is 0.354 e. The van der Waals surface area contributed by atoms with Gasteiger partial charge in [0.15, 0.2) is 0 Å². The van der Waals surface area contributed by atoms with Crippen LogP contribution >= 0.6 is 11.6 Å². The lowest BCUT2D eigenvalue weighted by molar-refractivity contribution is -0.124. The lowest BCUT2D eigenvalue weighted by atomic mass is 10.1. The van der Waals surface area contributed by atoms with E-state index in [0.29, 0.717) is 23.8 Å². The van der Waals surface area contributed by atoms with Crippen molar-refractivity contribution in [3.05, 3.63) is 65.8 Å². The molecule has 2 heterocycles. The number of rotatable bonds is 6. The molecule has 3 rings (SSSR count). The summed E-state index contributed by atoms with van der Waals surface area (Å²) >= 11 is 5.83. The normalized spacial score (nSPS) is 11.9. The van der Waals surface area contributed by atoms with Crippen LogP contribution in [0.25, 0.3) is 11.3 Å². The Balaban J connectivity index is 1.56. The Bertz CT molecular complexity index is 849. The number of hydrogen-bond donors (Lipinski definition) is 1. The SMILES string of the molecule is C[C@@H](C(=O)NCCc1nccc(-c2ccccc2)n1)n1cc(Cl)cn1. The van der Waals surface area contributed by atoms with Crippen LogP contribution in [0.4, 0.5) is 0 Å². The summed E-state index contributed by atoms with van der Waals surface area (Å²) in [7, 11) is 0. The Morgan fingerprint density at radius 1 is 1.28 bits per heavy atom. The maximum Gasteiger partial charge on any atom is 0.244 e. The number of amides is 1. The van der Waals surface area contributed by atoms with Crippen LogP contribution in [0.5, 0.6) is 0 Å².